The van der Waals surface area contributed by atoms with Crippen molar-refractivity contribution in [2.24, 2.45) is 5.92 Å². The second-order valence-corrected chi connectivity index (χ2v) is 6.93. The van der Waals surface area contributed by atoms with Crippen LogP contribution in [0.15, 0.2) is 29.2 Å². The van der Waals surface area contributed by atoms with Gasteiger partial charge in [0.05, 0.1) is 0 Å². The van der Waals surface area contributed by atoms with Crippen molar-refractivity contribution in [3.05, 3.63) is 29.3 Å². The summed E-state index contributed by atoms with van der Waals surface area (Å²) in [5.41, 5.74) is 0. The fourth-order valence-electron chi connectivity index (χ4n) is 2.38. The molecule has 1 N–H and O–H groups in total. The summed E-state index contributed by atoms with van der Waals surface area (Å²) in [5.74, 6) is 1.99. The third-order valence-electron chi connectivity index (χ3n) is 3.83. The van der Waals surface area contributed by atoms with Crippen molar-refractivity contribution in [2.75, 3.05) is 12.8 Å². The molecule has 1 aromatic rings. The molecule has 0 fully saturated rings. The molecule has 1 rings (SSSR count). The summed E-state index contributed by atoms with van der Waals surface area (Å²) >= 11 is 7.83. The molecule has 0 aliphatic carbocycles. The summed E-state index contributed by atoms with van der Waals surface area (Å²) in [4.78, 5) is 1.30. The maximum absolute atomic E-state index is 5.92. The van der Waals surface area contributed by atoms with Gasteiger partial charge in [-0.2, -0.15) is 0 Å². The highest BCUT2D eigenvalue weighted by atomic mass is 35.5. The molecule has 0 aliphatic heterocycles. The maximum Gasteiger partial charge on any atom is 0.0406 e. The lowest BCUT2D eigenvalue weighted by molar-refractivity contribution is 0.375. The lowest BCUT2D eigenvalue weighted by Crippen LogP contribution is -2.30. The summed E-state index contributed by atoms with van der Waals surface area (Å²) in [6.07, 6.45) is 6.62. The minimum absolute atomic E-state index is 0.595. The molecule has 114 valence electrons. The van der Waals surface area contributed by atoms with Crippen molar-refractivity contribution in [3.8, 4) is 0 Å². The molecular formula is C17H28ClNS. The molecule has 2 unspecified atom stereocenters. The van der Waals surface area contributed by atoms with E-state index in [1.54, 1.807) is 0 Å². The zero-order valence-corrected chi connectivity index (χ0v) is 14.6. The summed E-state index contributed by atoms with van der Waals surface area (Å²) in [7, 11) is 2.08. The van der Waals surface area contributed by atoms with E-state index in [-0.39, 0.29) is 0 Å². The van der Waals surface area contributed by atoms with Gasteiger partial charge in [-0.3, -0.25) is 0 Å². The Hall–Kier alpha value is -0.180. The summed E-state index contributed by atoms with van der Waals surface area (Å²) in [6, 6.07) is 8.74. The van der Waals surface area contributed by atoms with Gasteiger partial charge in [-0.25, -0.2) is 0 Å². The topological polar surface area (TPSA) is 12.0 Å². The zero-order valence-electron chi connectivity index (χ0n) is 13.0. The van der Waals surface area contributed by atoms with Gasteiger partial charge in [-0.05, 0) is 43.7 Å². The Labute approximate surface area is 133 Å². The van der Waals surface area contributed by atoms with Gasteiger partial charge in [-0.15, -0.1) is 11.8 Å². The van der Waals surface area contributed by atoms with Gasteiger partial charge in [-0.1, -0.05) is 51.1 Å². The molecule has 0 saturated heterocycles. The van der Waals surface area contributed by atoms with Crippen LogP contribution in [0.4, 0.5) is 0 Å². The molecule has 3 heteroatoms. The first-order valence-electron chi connectivity index (χ1n) is 7.75. The lowest BCUT2D eigenvalue weighted by atomic mass is 9.93. The predicted octanol–water partition coefficient (Wildman–Crippen LogP) is 5.63. The number of rotatable bonds is 10. The van der Waals surface area contributed by atoms with E-state index >= 15 is 0 Å². The molecule has 0 aromatic heterocycles. The molecule has 0 heterocycles. The Morgan fingerprint density at radius 1 is 1.20 bits per heavy atom. The fourth-order valence-corrected chi connectivity index (χ4v) is 3.53. The Bertz CT molecular complexity index is 353. The maximum atomic E-state index is 5.92. The number of thioether (sulfide) groups is 1. The van der Waals surface area contributed by atoms with Crippen molar-refractivity contribution in [1.29, 1.82) is 0 Å². The van der Waals surface area contributed by atoms with E-state index in [1.165, 1.54) is 37.0 Å². The van der Waals surface area contributed by atoms with Gasteiger partial charge >= 0.3 is 0 Å². The van der Waals surface area contributed by atoms with E-state index in [4.69, 9.17) is 11.6 Å². The molecule has 1 aromatic carbocycles. The van der Waals surface area contributed by atoms with Crippen LogP contribution in [-0.4, -0.2) is 18.8 Å². The Balaban J connectivity index is 2.39. The van der Waals surface area contributed by atoms with Gasteiger partial charge < -0.3 is 5.32 Å². The second-order valence-electron chi connectivity index (χ2n) is 5.40. The van der Waals surface area contributed by atoms with Crippen molar-refractivity contribution in [2.45, 2.75) is 56.9 Å². The van der Waals surface area contributed by atoms with E-state index in [2.05, 4.69) is 38.3 Å². The quantitative estimate of drug-likeness (QED) is 0.562. The monoisotopic (exact) mass is 313 g/mol. The largest absolute Gasteiger partial charge is 0.316 e. The fraction of sp³-hybridized carbons (Fsp3) is 0.647. The SMILES string of the molecule is CCCCC(CC)CC(CSc1ccc(Cl)cc1)NC. The van der Waals surface area contributed by atoms with Crippen LogP contribution in [0, 0.1) is 5.92 Å². The van der Waals surface area contributed by atoms with Crippen molar-refractivity contribution in [1.82, 2.24) is 5.32 Å². The molecule has 0 spiro atoms. The number of unbranched alkanes of at least 4 members (excludes halogenated alkanes) is 1. The molecular weight excluding hydrogens is 286 g/mol. The Morgan fingerprint density at radius 3 is 2.45 bits per heavy atom. The third kappa shape index (κ3) is 7.01. The van der Waals surface area contributed by atoms with Crippen LogP contribution in [0.25, 0.3) is 0 Å². The number of hydrogen-bond donors (Lipinski definition) is 1. The van der Waals surface area contributed by atoms with E-state index < -0.39 is 0 Å². The predicted molar refractivity (Wildman–Crippen MR) is 92.9 cm³/mol. The van der Waals surface area contributed by atoms with Gasteiger partial charge in [0, 0.05) is 21.7 Å². The molecule has 0 amide bonds. The standard InChI is InChI=1S/C17H28ClNS/c1-4-6-7-14(5-2)12-16(19-3)13-20-17-10-8-15(18)9-11-17/h8-11,14,16,19H,4-7,12-13H2,1-3H3. The highest BCUT2D eigenvalue weighted by Gasteiger charge is 2.14. The Morgan fingerprint density at radius 2 is 1.90 bits per heavy atom. The summed E-state index contributed by atoms with van der Waals surface area (Å²) < 4.78 is 0. The van der Waals surface area contributed by atoms with Crippen LogP contribution < -0.4 is 5.32 Å². The van der Waals surface area contributed by atoms with E-state index in [9.17, 15) is 0 Å². The number of halogens is 1. The van der Waals surface area contributed by atoms with E-state index in [0.29, 0.717) is 6.04 Å². The minimum atomic E-state index is 0.595. The summed E-state index contributed by atoms with van der Waals surface area (Å²) in [6.45, 7) is 4.60. The molecule has 0 radical (unpaired) electrons. The zero-order chi connectivity index (χ0) is 14.8. The number of nitrogens with one attached hydrogen (secondary N) is 1. The van der Waals surface area contributed by atoms with Crippen LogP contribution in [0.2, 0.25) is 5.02 Å². The molecule has 20 heavy (non-hydrogen) atoms. The minimum Gasteiger partial charge on any atom is -0.316 e. The lowest BCUT2D eigenvalue weighted by Gasteiger charge is -2.22. The molecule has 0 saturated carbocycles. The van der Waals surface area contributed by atoms with E-state index in [1.807, 2.05) is 23.9 Å². The first-order valence-corrected chi connectivity index (χ1v) is 9.11. The normalized spacial score (nSPS) is 14.2. The molecule has 2 atom stereocenters. The van der Waals surface area contributed by atoms with E-state index in [0.717, 1.165) is 16.7 Å². The first kappa shape index (κ1) is 17.9. The van der Waals surface area contributed by atoms with Gasteiger partial charge in [0.15, 0.2) is 0 Å². The highest BCUT2D eigenvalue weighted by molar-refractivity contribution is 7.99. The van der Waals surface area contributed by atoms with Gasteiger partial charge in [0.2, 0.25) is 0 Å². The number of benzene rings is 1. The number of hydrogen-bond acceptors (Lipinski definition) is 2. The van der Waals surface area contributed by atoms with Gasteiger partial charge in [0.25, 0.3) is 0 Å². The smallest absolute Gasteiger partial charge is 0.0406 e. The van der Waals surface area contributed by atoms with Crippen LogP contribution in [0.5, 0.6) is 0 Å². The van der Waals surface area contributed by atoms with Crippen LogP contribution >= 0.6 is 23.4 Å². The van der Waals surface area contributed by atoms with Crippen molar-refractivity contribution < 1.29 is 0 Å². The van der Waals surface area contributed by atoms with Crippen molar-refractivity contribution in [3.63, 3.8) is 0 Å². The molecule has 1 nitrogen and oxygen atoms in total. The van der Waals surface area contributed by atoms with Crippen LogP contribution in [-0.2, 0) is 0 Å². The first-order chi connectivity index (χ1) is 9.69. The van der Waals surface area contributed by atoms with Crippen molar-refractivity contribution >= 4 is 23.4 Å². The van der Waals surface area contributed by atoms with Gasteiger partial charge in [0.1, 0.15) is 0 Å². The Kier molecular flexibility index (Phi) is 9.41. The third-order valence-corrected chi connectivity index (χ3v) is 5.26. The highest BCUT2D eigenvalue weighted by Crippen LogP contribution is 2.24. The van der Waals surface area contributed by atoms with Crippen LogP contribution in [0.1, 0.15) is 46.0 Å². The molecule has 0 aliphatic rings. The molecule has 0 bridgehead atoms. The average Bonchev–Trinajstić information content (AvgIpc) is 2.48. The second kappa shape index (κ2) is 10.5. The van der Waals surface area contributed by atoms with Crippen LogP contribution in [0.3, 0.4) is 0 Å². The average molecular weight is 314 g/mol. The summed E-state index contributed by atoms with van der Waals surface area (Å²) in [5, 5.41) is 4.29.